The molecule has 2 aromatic carbocycles. The maximum atomic E-state index is 13.0. The summed E-state index contributed by atoms with van der Waals surface area (Å²) in [5.41, 5.74) is 1.12. The predicted octanol–water partition coefficient (Wildman–Crippen LogP) is 2.44. The van der Waals surface area contributed by atoms with E-state index in [4.69, 9.17) is 0 Å². The van der Waals surface area contributed by atoms with Gasteiger partial charge in [0.2, 0.25) is 11.9 Å². The zero-order valence-electron chi connectivity index (χ0n) is 15.5. The summed E-state index contributed by atoms with van der Waals surface area (Å²) in [7, 11) is 0. The molecule has 0 aliphatic rings. The highest BCUT2D eigenvalue weighted by atomic mass is 19.1. The van der Waals surface area contributed by atoms with E-state index in [1.807, 2.05) is 0 Å². The molecule has 4 rings (SSSR count). The highest BCUT2D eigenvalue weighted by Gasteiger charge is 2.19. The van der Waals surface area contributed by atoms with Gasteiger partial charge in [0, 0.05) is 6.42 Å². The number of anilines is 1. The Labute approximate surface area is 164 Å². The average Bonchev–Trinajstić information content (AvgIpc) is 3.16. The van der Waals surface area contributed by atoms with Gasteiger partial charge in [-0.15, -0.1) is 5.10 Å². The highest BCUT2D eigenvalue weighted by molar-refractivity contribution is 5.92. The number of hydrogen-bond donors (Lipinski definition) is 2. The van der Waals surface area contributed by atoms with Gasteiger partial charge in [0.1, 0.15) is 17.7 Å². The van der Waals surface area contributed by atoms with Crippen LogP contribution in [-0.2, 0) is 11.2 Å². The Bertz CT molecular complexity index is 1230. The predicted molar refractivity (Wildman–Crippen MR) is 105 cm³/mol. The number of halogens is 1. The Morgan fingerprint density at radius 1 is 1.21 bits per heavy atom. The first-order valence-electron chi connectivity index (χ1n) is 8.94. The molecular formula is C20H17FN6O2. The zero-order valence-corrected chi connectivity index (χ0v) is 15.5. The Hall–Kier alpha value is -3.88. The van der Waals surface area contributed by atoms with Crippen LogP contribution in [0.1, 0.15) is 24.4 Å². The summed E-state index contributed by atoms with van der Waals surface area (Å²) in [4.78, 5) is 33.7. The van der Waals surface area contributed by atoms with Crippen molar-refractivity contribution in [1.82, 2.24) is 24.7 Å². The highest BCUT2D eigenvalue weighted by Crippen LogP contribution is 2.12. The van der Waals surface area contributed by atoms with Gasteiger partial charge in [-0.3, -0.25) is 24.6 Å². The summed E-state index contributed by atoms with van der Waals surface area (Å²) >= 11 is 0. The van der Waals surface area contributed by atoms with Crippen LogP contribution in [0.2, 0.25) is 0 Å². The fourth-order valence-electron chi connectivity index (χ4n) is 2.93. The third kappa shape index (κ3) is 3.88. The Kier molecular flexibility index (Phi) is 4.86. The molecule has 0 fully saturated rings. The summed E-state index contributed by atoms with van der Waals surface area (Å²) in [5.74, 6) is -0.145. The summed E-state index contributed by atoms with van der Waals surface area (Å²) in [6.07, 6.45) is 1.76. The maximum Gasteiger partial charge on any atom is 0.261 e. The first-order chi connectivity index (χ1) is 14.0. The molecule has 0 aliphatic carbocycles. The van der Waals surface area contributed by atoms with Gasteiger partial charge in [-0.05, 0) is 36.8 Å². The van der Waals surface area contributed by atoms with E-state index in [0.717, 1.165) is 5.56 Å². The Morgan fingerprint density at radius 2 is 1.97 bits per heavy atom. The molecule has 1 atom stereocenters. The van der Waals surface area contributed by atoms with Crippen LogP contribution in [0.4, 0.5) is 10.3 Å². The number of fused-ring (bicyclic) bond motifs is 1. The van der Waals surface area contributed by atoms with Crippen LogP contribution >= 0.6 is 0 Å². The normalized spacial score (nSPS) is 12.1. The average molecular weight is 392 g/mol. The Morgan fingerprint density at radius 3 is 2.76 bits per heavy atom. The molecule has 146 valence electrons. The van der Waals surface area contributed by atoms with E-state index < -0.39 is 11.9 Å². The number of amides is 1. The van der Waals surface area contributed by atoms with Crippen LogP contribution in [0.3, 0.4) is 0 Å². The lowest BCUT2D eigenvalue weighted by molar-refractivity contribution is -0.118. The molecule has 0 spiro atoms. The molecule has 0 radical (unpaired) electrons. The van der Waals surface area contributed by atoms with Crippen molar-refractivity contribution in [2.24, 2.45) is 0 Å². The van der Waals surface area contributed by atoms with Crippen molar-refractivity contribution in [2.75, 3.05) is 5.32 Å². The van der Waals surface area contributed by atoms with Gasteiger partial charge in [0.15, 0.2) is 0 Å². The number of nitrogens with zero attached hydrogens (tertiary/aromatic N) is 4. The minimum atomic E-state index is -0.807. The zero-order chi connectivity index (χ0) is 20.4. The lowest BCUT2D eigenvalue weighted by atomic mass is 10.1. The van der Waals surface area contributed by atoms with Crippen molar-refractivity contribution in [2.45, 2.75) is 19.4 Å². The molecule has 2 N–H and O–H groups in total. The summed E-state index contributed by atoms with van der Waals surface area (Å²) in [6.45, 7) is 1.60. The van der Waals surface area contributed by atoms with Crippen LogP contribution < -0.4 is 10.9 Å². The van der Waals surface area contributed by atoms with Crippen LogP contribution in [0.25, 0.3) is 10.9 Å². The van der Waals surface area contributed by atoms with Crippen LogP contribution in [0.15, 0.2) is 59.7 Å². The van der Waals surface area contributed by atoms with E-state index >= 15 is 0 Å². The van der Waals surface area contributed by atoms with E-state index in [9.17, 15) is 14.0 Å². The molecule has 0 aliphatic heterocycles. The molecule has 0 saturated carbocycles. The second-order valence-electron chi connectivity index (χ2n) is 6.55. The molecular weight excluding hydrogens is 375 g/mol. The molecule has 2 aromatic heterocycles. The van der Waals surface area contributed by atoms with Crippen molar-refractivity contribution >= 4 is 22.8 Å². The molecule has 4 aromatic rings. The molecule has 8 nitrogen and oxygen atoms in total. The van der Waals surface area contributed by atoms with Crippen LogP contribution in [0, 0.1) is 5.82 Å². The topological polar surface area (TPSA) is 106 Å². The number of H-pyrrole nitrogens is 1. The number of hydrogen-bond acceptors (Lipinski definition) is 5. The third-order valence-corrected chi connectivity index (χ3v) is 4.54. The monoisotopic (exact) mass is 392 g/mol. The fourth-order valence-corrected chi connectivity index (χ4v) is 2.93. The molecule has 9 heteroatoms. The van der Waals surface area contributed by atoms with Crippen molar-refractivity contribution < 1.29 is 9.18 Å². The number of benzene rings is 2. The summed E-state index contributed by atoms with van der Waals surface area (Å²) < 4.78 is 14.3. The Balaban J connectivity index is 1.48. The molecule has 1 amide bonds. The van der Waals surface area contributed by atoms with E-state index in [-0.39, 0.29) is 17.3 Å². The van der Waals surface area contributed by atoms with Crippen molar-refractivity contribution in [3.63, 3.8) is 0 Å². The number of carbonyl (C=O) groups excluding carboxylic acids is 1. The minimum absolute atomic E-state index is 0.0979. The van der Waals surface area contributed by atoms with Crippen LogP contribution in [-0.4, -0.2) is 30.6 Å². The SMILES string of the molecule is C[C@H](C(=O)Nc1n[nH]c(Cc2ccc(F)cc2)n1)n1cnc2ccccc2c1=O. The van der Waals surface area contributed by atoms with Crippen molar-refractivity contribution in [3.8, 4) is 0 Å². The number of nitrogens with one attached hydrogen (secondary N) is 2. The van der Waals surface area contributed by atoms with Gasteiger partial charge >= 0.3 is 0 Å². The fraction of sp³-hybridized carbons (Fsp3) is 0.150. The van der Waals surface area contributed by atoms with E-state index in [1.165, 1.54) is 23.0 Å². The van der Waals surface area contributed by atoms with Gasteiger partial charge in [0.05, 0.1) is 17.2 Å². The lowest BCUT2D eigenvalue weighted by Crippen LogP contribution is -2.32. The van der Waals surface area contributed by atoms with Gasteiger partial charge in [0.25, 0.3) is 5.56 Å². The van der Waals surface area contributed by atoms with E-state index in [0.29, 0.717) is 23.1 Å². The smallest absolute Gasteiger partial charge is 0.261 e. The minimum Gasteiger partial charge on any atom is -0.291 e. The molecule has 2 heterocycles. The van der Waals surface area contributed by atoms with Gasteiger partial charge in [-0.2, -0.15) is 4.98 Å². The third-order valence-electron chi connectivity index (χ3n) is 4.54. The first kappa shape index (κ1) is 18.5. The van der Waals surface area contributed by atoms with E-state index in [1.54, 1.807) is 43.3 Å². The molecule has 0 unspecified atom stereocenters. The maximum absolute atomic E-state index is 13.0. The number of rotatable bonds is 5. The van der Waals surface area contributed by atoms with Gasteiger partial charge < -0.3 is 0 Å². The molecule has 0 saturated heterocycles. The summed E-state index contributed by atoms with van der Waals surface area (Å²) in [6, 6.07) is 12.2. The quantitative estimate of drug-likeness (QED) is 0.543. The van der Waals surface area contributed by atoms with Crippen molar-refractivity contribution in [1.29, 1.82) is 0 Å². The van der Waals surface area contributed by atoms with Gasteiger partial charge in [-0.25, -0.2) is 9.37 Å². The summed E-state index contributed by atoms with van der Waals surface area (Å²) in [5, 5.41) is 9.74. The molecule has 29 heavy (non-hydrogen) atoms. The second kappa shape index (κ2) is 7.63. The number of aromatic nitrogens is 5. The largest absolute Gasteiger partial charge is 0.291 e. The lowest BCUT2D eigenvalue weighted by Gasteiger charge is -2.13. The number of aromatic amines is 1. The first-order valence-corrected chi connectivity index (χ1v) is 8.94. The standard InChI is InChI=1S/C20H17FN6O2/c1-12(27-11-22-16-5-3-2-4-15(16)19(27)29)18(28)24-20-23-17(25-26-20)10-13-6-8-14(21)9-7-13/h2-9,11-12H,10H2,1H3,(H2,23,24,25,26,28)/t12-/m1/s1. The van der Waals surface area contributed by atoms with Crippen molar-refractivity contribution in [3.05, 3.63) is 82.4 Å². The van der Waals surface area contributed by atoms with E-state index in [2.05, 4.69) is 25.5 Å². The van der Waals surface area contributed by atoms with Gasteiger partial charge in [-0.1, -0.05) is 24.3 Å². The number of para-hydroxylation sites is 1. The number of carbonyl (C=O) groups is 1. The molecule has 0 bridgehead atoms. The van der Waals surface area contributed by atoms with Crippen LogP contribution in [0.5, 0.6) is 0 Å². The second-order valence-corrected chi connectivity index (χ2v) is 6.55.